The highest BCUT2D eigenvalue weighted by Crippen LogP contribution is 2.34. The Balaban J connectivity index is 1.30. The lowest BCUT2D eigenvalue weighted by Gasteiger charge is -2.17. The molecule has 186 valence electrons. The Kier molecular flexibility index (Phi) is 6.26. The summed E-state index contributed by atoms with van der Waals surface area (Å²) in [5, 5.41) is 13.8. The fourth-order valence-corrected chi connectivity index (χ4v) is 4.00. The molecule has 3 heterocycles. The lowest BCUT2D eigenvalue weighted by atomic mass is 10.0. The molecule has 3 aromatic heterocycles. The maximum Gasteiger partial charge on any atom is 0.417 e. The number of fused-ring (bicyclic) bond motifs is 1. The van der Waals surface area contributed by atoms with Gasteiger partial charge in [-0.25, -0.2) is 9.97 Å². The van der Waals surface area contributed by atoms with Gasteiger partial charge in [0.25, 0.3) is 0 Å². The van der Waals surface area contributed by atoms with Crippen LogP contribution in [-0.2, 0) is 12.7 Å². The minimum atomic E-state index is -4.48. The van der Waals surface area contributed by atoms with Crippen molar-refractivity contribution in [2.75, 3.05) is 17.6 Å². The van der Waals surface area contributed by atoms with Gasteiger partial charge in [0.1, 0.15) is 11.6 Å². The molecule has 5 rings (SSSR count). The summed E-state index contributed by atoms with van der Waals surface area (Å²) in [6.07, 6.45) is 1.51. The second-order valence-corrected chi connectivity index (χ2v) is 9.04. The fraction of sp³-hybridized carbons (Fsp3) is 0.269. The summed E-state index contributed by atoms with van der Waals surface area (Å²) in [4.78, 5) is 8.40. The van der Waals surface area contributed by atoms with Gasteiger partial charge in [-0.2, -0.15) is 18.3 Å². The van der Waals surface area contributed by atoms with Crippen LogP contribution in [0.2, 0.25) is 0 Å². The van der Waals surface area contributed by atoms with E-state index >= 15 is 0 Å². The van der Waals surface area contributed by atoms with Gasteiger partial charge in [0.2, 0.25) is 0 Å². The molecule has 5 N–H and O–H groups in total. The Bertz CT molecular complexity index is 1390. The third-order valence-electron chi connectivity index (χ3n) is 6.31. The summed E-state index contributed by atoms with van der Waals surface area (Å²) >= 11 is 0. The number of nitrogens with zero attached hydrogens (tertiary/aromatic N) is 3. The molecule has 36 heavy (non-hydrogen) atoms. The first-order valence-electron chi connectivity index (χ1n) is 11.7. The molecule has 4 aromatic rings. The summed E-state index contributed by atoms with van der Waals surface area (Å²) < 4.78 is 40.0. The maximum atomic E-state index is 13.3. The van der Waals surface area contributed by atoms with Crippen molar-refractivity contribution in [1.82, 2.24) is 25.5 Å². The molecule has 0 amide bonds. The third kappa shape index (κ3) is 5.27. The number of H-pyrrole nitrogens is 1. The van der Waals surface area contributed by atoms with Crippen LogP contribution in [0.3, 0.4) is 0 Å². The number of rotatable bonds is 9. The maximum absolute atomic E-state index is 13.3. The Hall–Kier alpha value is -4.08. The van der Waals surface area contributed by atoms with Crippen LogP contribution >= 0.6 is 0 Å². The summed E-state index contributed by atoms with van der Waals surface area (Å²) in [6, 6.07) is 10.8. The molecule has 0 unspecified atom stereocenters. The number of pyridine rings is 2. The summed E-state index contributed by atoms with van der Waals surface area (Å²) in [5.41, 5.74) is 9.19. The molecule has 0 radical (unpaired) electrons. The predicted octanol–water partition coefficient (Wildman–Crippen LogP) is 5.59. The first-order chi connectivity index (χ1) is 17.3. The van der Waals surface area contributed by atoms with E-state index in [1.165, 1.54) is 12.8 Å². The smallest absolute Gasteiger partial charge is 0.385 e. The molecule has 1 aliphatic rings. The Labute approximate surface area is 206 Å². The van der Waals surface area contributed by atoms with Gasteiger partial charge in [-0.05, 0) is 35.6 Å². The van der Waals surface area contributed by atoms with Crippen molar-refractivity contribution in [3.63, 3.8) is 0 Å². The topological polar surface area (TPSA) is 105 Å². The van der Waals surface area contributed by atoms with Gasteiger partial charge in [0.15, 0.2) is 5.65 Å². The van der Waals surface area contributed by atoms with E-state index < -0.39 is 11.7 Å². The number of nitrogens with two attached hydrogens (primary N) is 1. The Morgan fingerprint density at radius 2 is 1.86 bits per heavy atom. The summed E-state index contributed by atoms with van der Waals surface area (Å²) in [7, 11) is 0. The highest BCUT2D eigenvalue weighted by atomic mass is 19.4. The van der Waals surface area contributed by atoms with Crippen molar-refractivity contribution < 1.29 is 13.2 Å². The van der Waals surface area contributed by atoms with Crippen molar-refractivity contribution in [3.8, 4) is 11.1 Å². The monoisotopic (exact) mass is 493 g/mol. The van der Waals surface area contributed by atoms with E-state index in [2.05, 4.69) is 37.4 Å². The minimum absolute atomic E-state index is 0.314. The molecule has 1 aliphatic carbocycles. The van der Waals surface area contributed by atoms with Gasteiger partial charge in [-0.15, -0.1) is 0 Å². The van der Waals surface area contributed by atoms with Crippen molar-refractivity contribution in [1.29, 1.82) is 0 Å². The number of aromatic nitrogens is 4. The number of benzene rings is 1. The van der Waals surface area contributed by atoms with Crippen LogP contribution in [0.5, 0.6) is 0 Å². The van der Waals surface area contributed by atoms with E-state index in [1.807, 2.05) is 30.3 Å². The number of alkyl halides is 3. The number of aromatic amines is 1. The number of nitrogens with one attached hydrogen (secondary N) is 3. The Morgan fingerprint density at radius 3 is 2.58 bits per heavy atom. The second-order valence-electron chi connectivity index (χ2n) is 9.04. The largest absolute Gasteiger partial charge is 0.417 e. The number of hydrogen-bond acceptors (Lipinski definition) is 6. The molecule has 1 saturated carbocycles. The lowest BCUT2D eigenvalue weighted by molar-refractivity contribution is -0.137. The molecule has 1 aromatic carbocycles. The standard InChI is InChI=1S/C26H26F3N7/c1-15(31-9-8-16-2-3-16)21-11-20(26(27,28)29)14-34-24(21)32-12-17-4-6-18(7-5-17)19-10-22-23(30)35-36-25(22)33-13-19/h4-7,10-11,13-14,16,31H,1-3,8-9,12H2,(H,32,34)(H3,30,33,35,36). The van der Waals surface area contributed by atoms with Gasteiger partial charge < -0.3 is 16.4 Å². The number of anilines is 2. The molecule has 0 bridgehead atoms. The lowest BCUT2D eigenvalue weighted by Crippen LogP contribution is -2.17. The average molecular weight is 494 g/mol. The first kappa shape index (κ1) is 23.7. The second kappa shape index (κ2) is 9.52. The van der Waals surface area contributed by atoms with Gasteiger partial charge in [0.05, 0.1) is 10.9 Å². The van der Waals surface area contributed by atoms with Crippen LogP contribution in [0.15, 0.2) is 55.4 Å². The van der Waals surface area contributed by atoms with Crippen molar-refractivity contribution in [2.24, 2.45) is 5.92 Å². The molecule has 0 atom stereocenters. The molecule has 0 spiro atoms. The van der Waals surface area contributed by atoms with Crippen LogP contribution < -0.4 is 16.4 Å². The van der Waals surface area contributed by atoms with E-state index in [0.717, 1.165) is 40.8 Å². The average Bonchev–Trinajstić information content (AvgIpc) is 3.63. The summed E-state index contributed by atoms with van der Waals surface area (Å²) in [6.45, 7) is 5.02. The third-order valence-corrected chi connectivity index (χ3v) is 6.31. The van der Waals surface area contributed by atoms with Crippen molar-refractivity contribution in [2.45, 2.75) is 32.0 Å². The molecule has 0 saturated heterocycles. The number of halogens is 3. The van der Waals surface area contributed by atoms with Crippen LogP contribution in [0.4, 0.5) is 24.8 Å². The van der Waals surface area contributed by atoms with Crippen LogP contribution in [0.25, 0.3) is 27.9 Å². The summed E-state index contributed by atoms with van der Waals surface area (Å²) in [5.74, 6) is 1.52. The molecular weight excluding hydrogens is 467 g/mol. The zero-order chi connectivity index (χ0) is 25.3. The van der Waals surface area contributed by atoms with Gasteiger partial charge in [-0.1, -0.05) is 43.7 Å². The highest BCUT2D eigenvalue weighted by molar-refractivity contribution is 5.89. The van der Waals surface area contributed by atoms with Crippen LogP contribution in [0.1, 0.15) is 36.0 Å². The molecule has 7 nitrogen and oxygen atoms in total. The molecule has 0 aliphatic heterocycles. The van der Waals surface area contributed by atoms with Gasteiger partial charge in [-0.3, -0.25) is 5.10 Å². The predicted molar refractivity (Wildman–Crippen MR) is 135 cm³/mol. The van der Waals surface area contributed by atoms with Crippen molar-refractivity contribution >= 4 is 28.4 Å². The van der Waals surface area contributed by atoms with E-state index in [0.29, 0.717) is 47.6 Å². The van der Waals surface area contributed by atoms with Crippen LogP contribution in [0, 0.1) is 5.92 Å². The number of nitrogen functional groups attached to an aromatic ring is 1. The van der Waals surface area contributed by atoms with E-state index in [-0.39, 0.29) is 0 Å². The quantitative estimate of drug-likeness (QED) is 0.242. The molecule has 1 fully saturated rings. The fourth-order valence-electron chi connectivity index (χ4n) is 4.00. The minimum Gasteiger partial charge on any atom is -0.385 e. The first-order valence-corrected chi connectivity index (χ1v) is 11.7. The molecular formula is C26H26F3N7. The number of hydrogen-bond donors (Lipinski definition) is 4. The van der Waals surface area contributed by atoms with E-state index in [1.54, 1.807) is 6.20 Å². The van der Waals surface area contributed by atoms with Crippen LogP contribution in [-0.4, -0.2) is 26.7 Å². The molecule has 10 heteroatoms. The highest BCUT2D eigenvalue weighted by Gasteiger charge is 2.32. The van der Waals surface area contributed by atoms with Gasteiger partial charge in [0, 0.05) is 42.3 Å². The SMILES string of the molecule is C=C(NCCC1CC1)c1cc(C(F)(F)F)cnc1NCc1ccc(-c2cnc3n[nH]c(N)c3c2)cc1. The van der Waals surface area contributed by atoms with E-state index in [4.69, 9.17) is 5.73 Å². The van der Waals surface area contributed by atoms with E-state index in [9.17, 15) is 13.2 Å². The Morgan fingerprint density at radius 1 is 1.08 bits per heavy atom. The zero-order valence-corrected chi connectivity index (χ0v) is 19.5. The van der Waals surface area contributed by atoms with Gasteiger partial charge >= 0.3 is 6.18 Å². The normalized spacial score (nSPS) is 13.6. The van der Waals surface area contributed by atoms with Crippen molar-refractivity contribution in [3.05, 3.63) is 72.1 Å². The zero-order valence-electron chi connectivity index (χ0n) is 19.5.